The van der Waals surface area contributed by atoms with Gasteiger partial charge in [0.1, 0.15) is 6.61 Å². The van der Waals surface area contributed by atoms with Crippen LogP contribution in [-0.2, 0) is 9.48 Å². The maximum absolute atomic E-state index is 12.1. The fourth-order valence-electron chi connectivity index (χ4n) is 3.49. The van der Waals surface area contributed by atoms with E-state index in [0.717, 1.165) is 16.7 Å². The summed E-state index contributed by atoms with van der Waals surface area (Å²) < 4.78 is 4.54. The van der Waals surface area contributed by atoms with Gasteiger partial charge in [0.2, 0.25) is 0 Å². The van der Waals surface area contributed by atoms with Crippen molar-refractivity contribution in [1.29, 1.82) is 0 Å². The molecule has 1 amide bonds. The second-order valence-electron chi connectivity index (χ2n) is 7.08. The summed E-state index contributed by atoms with van der Waals surface area (Å²) in [4.78, 5) is 12.4. The summed E-state index contributed by atoms with van der Waals surface area (Å²) in [6, 6.07) is 30.4. The molecule has 3 aromatic rings. The zero-order valence-electron chi connectivity index (χ0n) is 17.6. The minimum atomic E-state index is -0.576. The van der Waals surface area contributed by atoms with Crippen LogP contribution in [0.1, 0.15) is 16.7 Å². The Morgan fingerprint density at radius 3 is 1.78 bits per heavy atom. The molecule has 3 N–H and O–H groups in total. The van der Waals surface area contributed by atoms with Gasteiger partial charge in [-0.25, -0.2) is 4.79 Å². The average molecular weight is 463 g/mol. The number of amides is 1. The van der Waals surface area contributed by atoms with Gasteiger partial charge >= 0.3 is 6.09 Å². The molecule has 0 aliphatic rings. The molecule has 1 atom stereocenters. The summed E-state index contributed by atoms with van der Waals surface area (Å²) in [5.41, 5.74) is 9.36. The second kappa shape index (κ2) is 11.5. The highest BCUT2D eigenvalue weighted by Gasteiger charge is 2.38. The molecule has 32 heavy (non-hydrogen) atoms. The highest BCUT2D eigenvalue weighted by molar-refractivity contribution is 8.00. The summed E-state index contributed by atoms with van der Waals surface area (Å²) in [5.74, 6) is 0.456. The topological polar surface area (TPSA) is 64.3 Å². The molecule has 3 rings (SSSR count). The lowest BCUT2D eigenvalue weighted by Gasteiger charge is -2.36. The summed E-state index contributed by atoms with van der Waals surface area (Å²) in [5, 5.41) is 2.78. The Balaban J connectivity index is 2.03. The van der Waals surface area contributed by atoms with Gasteiger partial charge in [-0.2, -0.15) is 0 Å². The third-order valence-electron chi connectivity index (χ3n) is 4.98. The number of thioether (sulfide) groups is 1. The van der Waals surface area contributed by atoms with Crippen LogP contribution in [0.25, 0.3) is 0 Å². The first-order valence-electron chi connectivity index (χ1n) is 10.2. The fourth-order valence-corrected chi connectivity index (χ4v) is 5.33. The van der Waals surface area contributed by atoms with Crippen LogP contribution in [0.2, 0.25) is 0 Å². The number of carbonyl (C=O) groups excluding carboxylic acids is 1. The first-order valence-corrected chi connectivity index (χ1v) is 11.6. The number of hydrogen-bond donors (Lipinski definition) is 2. The van der Waals surface area contributed by atoms with Crippen molar-refractivity contribution in [2.45, 2.75) is 10.8 Å². The monoisotopic (exact) mass is 462 g/mol. The van der Waals surface area contributed by atoms with Gasteiger partial charge in [0, 0.05) is 5.75 Å². The lowest BCUT2D eigenvalue weighted by Crippen LogP contribution is -2.46. The van der Waals surface area contributed by atoms with Crippen LogP contribution in [0.4, 0.5) is 4.79 Å². The van der Waals surface area contributed by atoms with Crippen molar-refractivity contribution in [2.75, 3.05) is 12.4 Å². The molecule has 0 saturated carbocycles. The quantitative estimate of drug-likeness (QED) is 0.244. The first kappa shape index (κ1) is 23.6. The van der Waals surface area contributed by atoms with Crippen LogP contribution in [0.3, 0.4) is 0 Å². The van der Waals surface area contributed by atoms with E-state index < -0.39 is 16.9 Å². The molecule has 4 nitrogen and oxygen atoms in total. The minimum absolute atomic E-state index is 0.116. The maximum atomic E-state index is 12.1. The van der Waals surface area contributed by atoms with Crippen molar-refractivity contribution in [3.63, 3.8) is 0 Å². The Morgan fingerprint density at radius 2 is 1.41 bits per heavy atom. The fraction of sp³-hybridized carbons (Fsp3) is 0.154. The van der Waals surface area contributed by atoms with Crippen LogP contribution >= 0.6 is 24.0 Å². The summed E-state index contributed by atoms with van der Waals surface area (Å²) in [6.45, 7) is 3.67. The highest BCUT2D eigenvalue weighted by Crippen LogP contribution is 2.48. The van der Waals surface area contributed by atoms with Crippen molar-refractivity contribution >= 4 is 35.1 Å². The maximum Gasteiger partial charge on any atom is 0.408 e. The largest absolute Gasteiger partial charge is 0.445 e. The molecule has 0 aromatic heterocycles. The van der Waals surface area contributed by atoms with E-state index in [-0.39, 0.29) is 11.6 Å². The number of nitrogens with two attached hydrogens (primary N) is 1. The van der Waals surface area contributed by atoms with Gasteiger partial charge in [-0.1, -0.05) is 116 Å². The van der Waals surface area contributed by atoms with Crippen molar-refractivity contribution in [2.24, 2.45) is 5.73 Å². The Morgan fingerprint density at radius 1 is 0.969 bits per heavy atom. The van der Waals surface area contributed by atoms with Crippen molar-refractivity contribution in [1.82, 2.24) is 5.32 Å². The Kier molecular flexibility index (Phi) is 8.48. The van der Waals surface area contributed by atoms with Crippen molar-refractivity contribution < 1.29 is 9.53 Å². The highest BCUT2D eigenvalue weighted by atomic mass is 32.2. The third-order valence-corrected chi connectivity index (χ3v) is 6.90. The standard InChI is InChI=1S/C26H26N2O2S2/c1-2-18-30-25(29)28-23(24(27)31)19-32-26(20-12-6-3-7-13-20,21-14-8-4-9-15-21)22-16-10-5-11-17-22/h2-17,23H,1,18-19H2,(H2,27,31)(H,28,29)/t23-/m0/s1. The summed E-state index contributed by atoms with van der Waals surface area (Å²) >= 11 is 6.93. The molecule has 0 unspecified atom stereocenters. The minimum Gasteiger partial charge on any atom is -0.445 e. The van der Waals surface area contributed by atoms with Gasteiger partial charge in [-0.3, -0.25) is 0 Å². The van der Waals surface area contributed by atoms with E-state index in [1.807, 2.05) is 54.6 Å². The third kappa shape index (κ3) is 5.58. The van der Waals surface area contributed by atoms with E-state index in [9.17, 15) is 4.79 Å². The molecule has 164 valence electrons. The Bertz CT molecular complexity index is 931. The molecule has 0 radical (unpaired) electrons. The van der Waals surface area contributed by atoms with Crippen molar-refractivity contribution in [3.05, 3.63) is 120 Å². The SMILES string of the molecule is C=CCOC(=O)N[C@@H](CSC(c1ccccc1)(c1ccccc1)c1ccccc1)C(N)=S. The van der Waals surface area contributed by atoms with E-state index in [4.69, 9.17) is 22.7 Å². The molecule has 6 heteroatoms. The zero-order chi connectivity index (χ0) is 22.8. The Hall–Kier alpha value is -3.09. The van der Waals surface area contributed by atoms with Gasteiger partial charge in [0.05, 0.1) is 15.8 Å². The summed E-state index contributed by atoms with van der Waals surface area (Å²) in [7, 11) is 0. The van der Waals surface area contributed by atoms with Gasteiger partial charge in [-0.05, 0) is 16.7 Å². The van der Waals surface area contributed by atoms with Gasteiger partial charge in [-0.15, -0.1) is 11.8 Å². The van der Waals surface area contributed by atoms with E-state index >= 15 is 0 Å². The van der Waals surface area contributed by atoms with Gasteiger partial charge in [0.15, 0.2) is 0 Å². The smallest absolute Gasteiger partial charge is 0.408 e. The number of rotatable bonds is 10. The molecule has 0 bridgehead atoms. The number of nitrogens with one attached hydrogen (secondary N) is 1. The molecule has 0 spiro atoms. The van der Waals surface area contributed by atoms with E-state index in [1.165, 1.54) is 6.08 Å². The average Bonchev–Trinajstić information content (AvgIpc) is 2.84. The first-order chi connectivity index (χ1) is 15.6. The normalized spacial score (nSPS) is 11.9. The van der Waals surface area contributed by atoms with Gasteiger partial charge < -0.3 is 15.8 Å². The molecule has 0 aliphatic carbocycles. The molecular formula is C26H26N2O2S2. The van der Waals surface area contributed by atoms with Crippen LogP contribution in [0.5, 0.6) is 0 Å². The number of alkyl carbamates (subject to hydrolysis) is 1. The predicted octanol–water partition coefficient (Wildman–Crippen LogP) is 5.28. The van der Waals surface area contributed by atoms with Crippen LogP contribution < -0.4 is 11.1 Å². The lowest BCUT2D eigenvalue weighted by atomic mass is 9.84. The van der Waals surface area contributed by atoms with Gasteiger partial charge in [0.25, 0.3) is 0 Å². The Labute approximate surface area is 198 Å². The van der Waals surface area contributed by atoms with E-state index in [2.05, 4.69) is 48.3 Å². The zero-order valence-corrected chi connectivity index (χ0v) is 19.3. The van der Waals surface area contributed by atoms with Crippen LogP contribution in [0, 0.1) is 0 Å². The molecule has 0 heterocycles. The number of ether oxygens (including phenoxy) is 1. The predicted molar refractivity (Wildman–Crippen MR) is 137 cm³/mol. The van der Waals surface area contributed by atoms with E-state index in [0.29, 0.717) is 5.75 Å². The molecular weight excluding hydrogens is 436 g/mol. The number of carbonyl (C=O) groups is 1. The summed E-state index contributed by atoms with van der Waals surface area (Å²) in [6.07, 6.45) is 0.933. The van der Waals surface area contributed by atoms with Crippen LogP contribution in [-0.4, -0.2) is 29.5 Å². The van der Waals surface area contributed by atoms with Crippen LogP contribution in [0.15, 0.2) is 104 Å². The molecule has 3 aromatic carbocycles. The molecule has 0 aliphatic heterocycles. The number of hydrogen-bond acceptors (Lipinski definition) is 4. The second-order valence-corrected chi connectivity index (χ2v) is 8.78. The van der Waals surface area contributed by atoms with E-state index in [1.54, 1.807) is 11.8 Å². The lowest BCUT2D eigenvalue weighted by molar-refractivity contribution is 0.157. The molecule has 0 fully saturated rings. The molecule has 0 saturated heterocycles. The van der Waals surface area contributed by atoms with Crippen molar-refractivity contribution in [3.8, 4) is 0 Å². The number of thiocarbonyl (C=S) groups is 1. The number of benzene rings is 3.